The molecule has 0 aliphatic carbocycles. The molecule has 0 aromatic carbocycles. The van der Waals surface area contributed by atoms with Gasteiger partial charge in [-0.1, -0.05) is 0 Å². The first-order valence-electron chi connectivity index (χ1n) is 7.34. The highest BCUT2D eigenvalue weighted by atomic mass is 16.5. The van der Waals surface area contributed by atoms with Crippen molar-refractivity contribution in [1.82, 2.24) is 4.90 Å². The van der Waals surface area contributed by atoms with Gasteiger partial charge in [-0.25, -0.2) is 0 Å². The molecule has 0 spiro atoms. The lowest BCUT2D eigenvalue weighted by molar-refractivity contribution is -0.0865. The van der Waals surface area contributed by atoms with Gasteiger partial charge in [0.05, 0.1) is 12.2 Å². The molecule has 2 heterocycles. The van der Waals surface area contributed by atoms with Crippen LogP contribution in [0.1, 0.15) is 25.7 Å². The fourth-order valence-corrected chi connectivity index (χ4v) is 3.30. The SMILES string of the molecule is CN(CC1(O)CCOCC1)CC1(CN)CCCOC1. The highest BCUT2D eigenvalue weighted by Crippen LogP contribution is 2.29. The van der Waals surface area contributed by atoms with E-state index in [2.05, 4.69) is 11.9 Å². The summed E-state index contributed by atoms with van der Waals surface area (Å²) in [6.45, 7) is 5.16. The number of nitrogens with two attached hydrogens (primary N) is 1. The molecule has 0 amide bonds. The molecular formula is C14H28N2O3. The Kier molecular flexibility index (Phi) is 5.20. The molecule has 0 aromatic rings. The van der Waals surface area contributed by atoms with Gasteiger partial charge in [-0.3, -0.25) is 0 Å². The number of aliphatic hydroxyl groups is 1. The minimum atomic E-state index is -0.599. The van der Waals surface area contributed by atoms with E-state index in [9.17, 15) is 5.11 Å². The molecule has 2 aliphatic rings. The Labute approximate surface area is 116 Å². The monoisotopic (exact) mass is 272 g/mol. The van der Waals surface area contributed by atoms with E-state index in [-0.39, 0.29) is 5.41 Å². The van der Waals surface area contributed by atoms with E-state index in [0.717, 1.165) is 45.4 Å². The maximum absolute atomic E-state index is 10.5. The van der Waals surface area contributed by atoms with Gasteiger partial charge in [0.15, 0.2) is 0 Å². The fourth-order valence-electron chi connectivity index (χ4n) is 3.30. The molecule has 2 saturated heterocycles. The van der Waals surface area contributed by atoms with Crippen molar-refractivity contribution >= 4 is 0 Å². The van der Waals surface area contributed by atoms with Gasteiger partial charge in [-0.05, 0) is 19.9 Å². The van der Waals surface area contributed by atoms with Gasteiger partial charge in [-0.15, -0.1) is 0 Å². The Morgan fingerprint density at radius 3 is 2.42 bits per heavy atom. The zero-order valence-electron chi connectivity index (χ0n) is 12.1. The summed E-state index contributed by atoms with van der Waals surface area (Å²) in [6, 6.07) is 0. The van der Waals surface area contributed by atoms with Crippen molar-refractivity contribution in [3.05, 3.63) is 0 Å². The van der Waals surface area contributed by atoms with E-state index in [4.69, 9.17) is 15.2 Å². The van der Waals surface area contributed by atoms with E-state index < -0.39 is 5.60 Å². The first kappa shape index (κ1) is 15.2. The van der Waals surface area contributed by atoms with Crippen LogP contribution in [0.2, 0.25) is 0 Å². The van der Waals surface area contributed by atoms with Crippen LogP contribution in [0.3, 0.4) is 0 Å². The normalized spacial score (nSPS) is 31.6. The first-order valence-corrected chi connectivity index (χ1v) is 7.34. The largest absolute Gasteiger partial charge is 0.388 e. The zero-order valence-corrected chi connectivity index (χ0v) is 12.1. The average molecular weight is 272 g/mol. The molecule has 1 atom stereocenters. The first-order chi connectivity index (χ1) is 9.08. The number of nitrogens with zero attached hydrogens (tertiary/aromatic N) is 1. The molecule has 3 N–H and O–H groups in total. The summed E-state index contributed by atoms with van der Waals surface area (Å²) < 4.78 is 10.9. The summed E-state index contributed by atoms with van der Waals surface area (Å²) in [4.78, 5) is 2.22. The topological polar surface area (TPSA) is 68.0 Å². The fraction of sp³-hybridized carbons (Fsp3) is 1.00. The third-order valence-electron chi connectivity index (χ3n) is 4.43. The quantitative estimate of drug-likeness (QED) is 0.749. The smallest absolute Gasteiger partial charge is 0.0817 e. The van der Waals surface area contributed by atoms with Crippen molar-refractivity contribution in [2.45, 2.75) is 31.3 Å². The van der Waals surface area contributed by atoms with E-state index in [1.165, 1.54) is 0 Å². The van der Waals surface area contributed by atoms with Crippen LogP contribution >= 0.6 is 0 Å². The predicted octanol–water partition coefficient (Wildman–Crippen LogP) is 0.215. The molecule has 0 bridgehead atoms. The number of ether oxygens (including phenoxy) is 2. The molecule has 2 fully saturated rings. The van der Waals surface area contributed by atoms with Crippen LogP contribution in [0.5, 0.6) is 0 Å². The zero-order chi connectivity index (χ0) is 13.8. The van der Waals surface area contributed by atoms with Crippen molar-refractivity contribution in [2.24, 2.45) is 11.1 Å². The van der Waals surface area contributed by atoms with E-state index in [1.807, 2.05) is 0 Å². The van der Waals surface area contributed by atoms with Crippen molar-refractivity contribution < 1.29 is 14.6 Å². The summed E-state index contributed by atoms with van der Waals surface area (Å²) in [5.74, 6) is 0. The summed E-state index contributed by atoms with van der Waals surface area (Å²) in [6.07, 6.45) is 3.66. The summed E-state index contributed by atoms with van der Waals surface area (Å²) in [5.41, 5.74) is 5.43. The second kappa shape index (κ2) is 6.50. The number of likely N-dealkylation sites (N-methyl/N-ethyl adjacent to an activating group) is 1. The Bertz CT molecular complexity index is 274. The molecule has 5 nitrogen and oxygen atoms in total. The van der Waals surface area contributed by atoms with Gasteiger partial charge in [0.2, 0.25) is 0 Å². The van der Waals surface area contributed by atoms with E-state index in [1.54, 1.807) is 0 Å². The molecule has 5 heteroatoms. The van der Waals surface area contributed by atoms with Gasteiger partial charge in [-0.2, -0.15) is 0 Å². The number of rotatable bonds is 5. The third-order valence-corrected chi connectivity index (χ3v) is 4.43. The van der Waals surface area contributed by atoms with Gasteiger partial charge >= 0.3 is 0 Å². The lowest BCUT2D eigenvalue weighted by Gasteiger charge is -2.42. The van der Waals surface area contributed by atoms with Crippen molar-refractivity contribution in [2.75, 3.05) is 53.1 Å². The lowest BCUT2D eigenvalue weighted by atomic mass is 9.81. The maximum atomic E-state index is 10.5. The third kappa shape index (κ3) is 4.13. The molecule has 2 rings (SSSR count). The Morgan fingerprint density at radius 2 is 1.84 bits per heavy atom. The molecule has 0 aromatic heterocycles. The molecule has 0 radical (unpaired) electrons. The van der Waals surface area contributed by atoms with Gasteiger partial charge in [0.25, 0.3) is 0 Å². The van der Waals surface area contributed by atoms with Crippen LogP contribution < -0.4 is 5.73 Å². The second-order valence-corrected chi connectivity index (χ2v) is 6.37. The molecular weight excluding hydrogens is 244 g/mol. The summed E-state index contributed by atoms with van der Waals surface area (Å²) >= 11 is 0. The van der Waals surface area contributed by atoms with E-state index >= 15 is 0 Å². The van der Waals surface area contributed by atoms with Crippen LogP contribution in [0.15, 0.2) is 0 Å². The van der Waals surface area contributed by atoms with Gasteiger partial charge < -0.3 is 25.2 Å². The van der Waals surface area contributed by atoms with E-state index in [0.29, 0.717) is 26.3 Å². The van der Waals surface area contributed by atoms with Crippen molar-refractivity contribution in [3.63, 3.8) is 0 Å². The molecule has 0 saturated carbocycles. The minimum Gasteiger partial charge on any atom is -0.388 e. The van der Waals surface area contributed by atoms with Crippen LogP contribution in [0.4, 0.5) is 0 Å². The maximum Gasteiger partial charge on any atom is 0.0817 e. The summed E-state index contributed by atoms with van der Waals surface area (Å²) in [7, 11) is 2.07. The van der Waals surface area contributed by atoms with Crippen LogP contribution in [0.25, 0.3) is 0 Å². The lowest BCUT2D eigenvalue weighted by Crippen LogP contribution is -2.51. The summed E-state index contributed by atoms with van der Waals surface area (Å²) in [5, 5.41) is 10.5. The van der Waals surface area contributed by atoms with Crippen molar-refractivity contribution in [1.29, 1.82) is 0 Å². The van der Waals surface area contributed by atoms with Crippen LogP contribution in [-0.2, 0) is 9.47 Å². The standard InChI is InChI=1S/C14H28N2O3/c1-16(11-14(17)4-7-18-8-5-14)10-13(9-15)3-2-6-19-12-13/h17H,2-12,15H2,1H3. The number of hydrogen-bond donors (Lipinski definition) is 2. The highest BCUT2D eigenvalue weighted by molar-refractivity contribution is 4.89. The van der Waals surface area contributed by atoms with Crippen molar-refractivity contribution in [3.8, 4) is 0 Å². The van der Waals surface area contributed by atoms with Crippen LogP contribution in [0, 0.1) is 5.41 Å². The Balaban J connectivity index is 1.86. The Hall–Kier alpha value is -0.200. The molecule has 112 valence electrons. The minimum absolute atomic E-state index is 0.0640. The second-order valence-electron chi connectivity index (χ2n) is 6.37. The highest BCUT2D eigenvalue weighted by Gasteiger charge is 2.36. The van der Waals surface area contributed by atoms with Crippen LogP contribution in [-0.4, -0.2) is 68.7 Å². The van der Waals surface area contributed by atoms with Gasteiger partial charge in [0, 0.05) is 57.7 Å². The predicted molar refractivity (Wildman–Crippen MR) is 74.0 cm³/mol. The Morgan fingerprint density at radius 1 is 1.11 bits per heavy atom. The van der Waals surface area contributed by atoms with Gasteiger partial charge in [0.1, 0.15) is 0 Å². The molecule has 2 aliphatic heterocycles. The average Bonchev–Trinajstić information content (AvgIpc) is 2.39. The number of hydrogen-bond acceptors (Lipinski definition) is 5. The molecule has 1 unspecified atom stereocenters. The molecule has 19 heavy (non-hydrogen) atoms.